The number of carbonyl (C=O) groups excluding carboxylic acids is 2. The molecule has 8 atom stereocenters. The maximum Gasteiger partial charge on any atom is 0.341 e. The number of esters is 1. The molecule has 7 nitrogen and oxygen atoms in total. The molecule has 1 N–H and O–H groups in total. The topological polar surface area (TPSA) is 91.3 Å². The van der Waals surface area contributed by atoms with Crippen molar-refractivity contribution >= 4 is 11.8 Å². The predicted octanol–water partition coefficient (Wildman–Crippen LogP) is 1.59. The van der Waals surface area contributed by atoms with Crippen LogP contribution in [0.1, 0.15) is 54.4 Å². The van der Waals surface area contributed by atoms with E-state index >= 15 is 0 Å². The quantitative estimate of drug-likeness (QED) is 0.725. The van der Waals surface area contributed by atoms with Crippen molar-refractivity contribution in [3.63, 3.8) is 0 Å². The lowest BCUT2D eigenvalue weighted by Crippen LogP contribution is -2.72. The average Bonchev–Trinajstić information content (AvgIpc) is 2.91. The molecule has 0 bridgehead atoms. The van der Waals surface area contributed by atoms with Crippen molar-refractivity contribution in [2.45, 2.75) is 89.2 Å². The van der Waals surface area contributed by atoms with Crippen molar-refractivity contribution in [2.75, 3.05) is 6.61 Å². The normalized spacial score (nSPS) is 53.5. The summed E-state index contributed by atoms with van der Waals surface area (Å²) in [5, 5.41) is 11.9. The van der Waals surface area contributed by atoms with Crippen LogP contribution in [0.5, 0.6) is 0 Å². The Bertz CT molecular complexity index is 690. The molecule has 2 saturated carbocycles. The number of carbonyl (C=O) groups is 2. The summed E-state index contributed by atoms with van der Waals surface area (Å²) in [4.78, 5) is 25.5. The van der Waals surface area contributed by atoms with Crippen molar-refractivity contribution in [1.29, 1.82) is 0 Å². The van der Waals surface area contributed by atoms with Gasteiger partial charge in [0.15, 0.2) is 17.0 Å². The van der Waals surface area contributed by atoms with Gasteiger partial charge in [0, 0.05) is 37.2 Å². The van der Waals surface area contributed by atoms with Crippen LogP contribution >= 0.6 is 0 Å². The maximum absolute atomic E-state index is 12.9. The first kappa shape index (κ1) is 19.3. The van der Waals surface area contributed by atoms with Crippen LogP contribution in [0.3, 0.4) is 0 Å². The summed E-state index contributed by atoms with van der Waals surface area (Å²) in [6.45, 7) is 11.3. The third kappa shape index (κ3) is 2.29. The fourth-order valence-electron chi connectivity index (χ4n) is 6.10. The summed E-state index contributed by atoms with van der Waals surface area (Å²) in [6, 6.07) is 0. The van der Waals surface area contributed by atoms with Crippen LogP contribution in [0.15, 0.2) is 0 Å². The zero-order valence-corrected chi connectivity index (χ0v) is 16.9. The third-order valence-corrected chi connectivity index (χ3v) is 7.36. The molecule has 0 aromatic rings. The van der Waals surface area contributed by atoms with Crippen molar-refractivity contribution in [3.05, 3.63) is 0 Å². The molecule has 2 aliphatic heterocycles. The molecule has 2 saturated heterocycles. The fourth-order valence-corrected chi connectivity index (χ4v) is 6.10. The van der Waals surface area contributed by atoms with Crippen molar-refractivity contribution < 1.29 is 33.6 Å². The van der Waals surface area contributed by atoms with E-state index in [9.17, 15) is 14.7 Å². The maximum atomic E-state index is 12.9. The second kappa shape index (κ2) is 5.53. The Balaban J connectivity index is 1.90. The molecule has 4 aliphatic rings. The summed E-state index contributed by atoms with van der Waals surface area (Å²) in [6.07, 6.45) is -0.884. The van der Waals surface area contributed by atoms with E-state index in [4.69, 9.17) is 18.9 Å². The molecule has 0 unspecified atom stereocenters. The van der Waals surface area contributed by atoms with E-state index in [-0.39, 0.29) is 23.5 Å². The molecule has 27 heavy (non-hydrogen) atoms. The molecule has 0 aromatic carbocycles. The van der Waals surface area contributed by atoms with Gasteiger partial charge < -0.3 is 24.1 Å². The number of fused-ring (bicyclic) bond motifs is 2. The SMILES string of the molecule is CCO[C@@]1(C)C[C@@H]2OC(C)(C)O[C@]3(C)C(=O)O[C@@H]([C@@H]4[C@@H](C)C(=O)C[C@@H]41)[C@]23O. The van der Waals surface area contributed by atoms with Gasteiger partial charge in [0.05, 0.1) is 11.7 Å². The summed E-state index contributed by atoms with van der Waals surface area (Å²) >= 11 is 0. The summed E-state index contributed by atoms with van der Waals surface area (Å²) < 4.78 is 24.0. The molecule has 2 heterocycles. The minimum absolute atomic E-state index is 0.112. The van der Waals surface area contributed by atoms with Crippen molar-refractivity contribution in [3.8, 4) is 0 Å². The average molecular weight is 382 g/mol. The van der Waals surface area contributed by atoms with E-state index in [0.717, 1.165) is 0 Å². The van der Waals surface area contributed by atoms with Gasteiger partial charge in [-0.3, -0.25) is 4.79 Å². The molecule has 0 spiro atoms. The number of ketones is 1. The Labute approximate surface area is 159 Å². The van der Waals surface area contributed by atoms with E-state index in [1.54, 1.807) is 20.8 Å². The molecule has 7 heteroatoms. The molecular formula is C20H30O7. The first-order valence-corrected chi connectivity index (χ1v) is 9.88. The van der Waals surface area contributed by atoms with Crippen LogP contribution < -0.4 is 0 Å². The first-order chi connectivity index (χ1) is 12.4. The standard InChI is InChI=1S/C20H30O7/c1-7-24-18(5)9-13-20(23)15(14-10(2)12(21)8-11(14)18)25-16(22)19(20,6)27-17(3,4)26-13/h10-11,13-15,23H,7-9H2,1-6H3/t10-,11-,13-,14+,15-,18-,19+,20+/m0/s1. The Morgan fingerprint density at radius 2 is 1.89 bits per heavy atom. The summed E-state index contributed by atoms with van der Waals surface area (Å²) in [7, 11) is 0. The number of Topliss-reactive ketones (excluding diaryl/α,β-unsaturated/α-hetero) is 1. The zero-order chi connectivity index (χ0) is 20.0. The summed E-state index contributed by atoms with van der Waals surface area (Å²) in [5.41, 5.74) is -3.92. The Hall–Kier alpha value is -1.02. The number of aliphatic hydroxyl groups is 1. The number of hydrogen-bond acceptors (Lipinski definition) is 7. The van der Waals surface area contributed by atoms with Gasteiger partial charge in [0.2, 0.25) is 0 Å². The van der Waals surface area contributed by atoms with Gasteiger partial charge in [-0.15, -0.1) is 0 Å². The molecule has 152 valence electrons. The van der Waals surface area contributed by atoms with Crippen LogP contribution in [0.4, 0.5) is 0 Å². The van der Waals surface area contributed by atoms with Crippen LogP contribution in [0.25, 0.3) is 0 Å². The van der Waals surface area contributed by atoms with Gasteiger partial charge in [-0.05, 0) is 34.6 Å². The van der Waals surface area contributed by atoms with Crippen LogP contribution in [0, 0.1) is 17.8 Å². The van der Waals surface area contributed by atoms with Gasteiger partial charge in [-0.2, -0.15) is 0 Å². The van der Waals surface area contributed by atoms with Gasteiger partial charge in [0.1, 0.15) is 11.9 Å². The zero-order valence-electron chi connectivity index (χ0n) is 16.9. The lowest BCUT2D eigenvalue weighted by molar-refractivity contribution is -0.384. The minimum Gasteiger partial charge on any atom is -0.456 e. The Morgan fingerprint density at radius 1 is 1.22 bits per heavy atom. The van der Waals surface area contributed by atoms with E-state index in [1.807, 2.05) is 20.8 Å². The Morgan fingerprint density at radius 3 is 2.52 bits per heavy atom. The third-order valence-electron chi connectivity index (χ3n) is 7.36. The van der Waals surface area contributed by atoms with Gasteiger partial charge >= 0.3 is 5.97 Å². The van der Waals surface area contributed by atoms with E-state index < -0.39 is 40.8 Å². The van der Waals surface area contributed by atoms with Crippen molar-refractivity contribution in [1.82, 2.24) is 0 Å². The highest BCUT2D eigenvalue weighted by Gasteiger charge is 2.79. The van der Waals surface area contributed by atoms with Gasteiger partial charge in [0.25, 0.3) is 0 Å². The fraction of sp³-hybridized carbons (Fsp3) is 0.900. The predicted molar refractivity (Wildman–Crippen MR) is 93.7 cm³/mol. The molecular weight excluding hydrogens is 352 g/mol. The molecule has 0 amide bonds. The monoisotopic (exact) mass is 382 g/mol. The Kier molecular flexibility index (Phi) is 3.95. The highest BCUT2D eigenvalue weighted by molar-refractivity contribution is 5.87. The van der Waals surface area contributed by atoms with Crippen LogP contribution in [0.2, 0.25) is 0 Å². The highest BCUT2D eigenvalue weighted by atomic mass is 16.8. The number of ether oxygens (including phenoxy) is 4. The smallest absolute Gasteiger partial charge is 0.341 e. The lowest BCUT2D eigenvalue weighted by Gasteiger charge is -2.53. The van der Waals surface area contributed by atoms with E-state index in [0.29, 0.717) is 19.4 Å². The molecule has 0 radical (unpaired) electrons. The number of rotatable bonds is 2. The molecule has 4 rings (SSSR count). The van der Waals surface area contributed by atoms with Crippen LogP contribution in [-0.2, 0) is 28.5 Å². The second-order valence-electron chi connectivity index (χ2n) is 9.39. The van der Waals surface area contributed by atoms with Crippen LogP contribution in [-0.4, -0.2) is 58.3 Å². The van der Waals surface area contributed by atoms with E-state index in [1.165, 1.54) is 0 Å². The molecule has 2 aliphatic carbocycles. The molecule has 4 fully saturated rings. The first-order valence-electron chi connectivity index (χ1n) is 9.88. The number of hydrogen-bond donors (Lipinski definition) is 1. The molecule has 0 aromatic heterocycles. The van der Waals surface area contributed by atoms with E-state index in [2.05, 4.69) is 0 Å². The van der Waals surface area contributed by atoms with Gasteiger partial charge in [-0.1, -0.05) is 6.92 Å². The van der Waals surface area contributed by atoms with Gasteiger partial charge in [-0.25, -0.2) is 4.79 Å². The van der Waals surface area contributed by atoms with Crippen molar-refractivity contribution in [2.24, 2.45) is 17.8 Å². The largest absolute Gasteiger partial charge is 0.456 e. The lowest BCUT2D eigenvalue weighted by atomic mass is 9.71. The summed E-state index contributed by atoms with van der Waals surface area (Å²) in [5.74, 6) is -2.40. The second-order valence-corrected chi connectivity index (χ2v) is 9.39. The minimum atomic E-state index is -1.68. The highest BCUT2D eigenvalue weighted by Crippen LogP contribution is 2.60.